The van der Waals surface area contributed by atoms with E-state index >= 15 is 0 Å². The Labute approximate surface area is 223 Å². The molecular weight excluding hydrogens is 478 g/mol. The average molecular weight is 514 g/mol. The zero-order valence-electron chi connectivity index (χ0n) is 22.6. The second kappa shape index (κ2) is 11.9. The molecule has 0 saturated heterocycles. The van der Waals surface area contributed by atoms with E-state index in [4.69, 9.17) is 9.72 Å². The van der Waals surface area contributed by atoms with Gasteiger partial charge in [-0.25, -0.2) is 9.78 Å². The molecule has 0 bridgehead atoms. The highest BCUT2D eigenvalue weighted by atomic mass is 16.5. The molecule has 0 spiro atoms. The van der Waals surface area contributed by atoms with Crippen molar-refractivity contribution >= 4 is 22.6 Å². The van der Waals surface area contributed by atoms with Crippen LogP contribution in [0, 0.1) is 6.92 Å². The molecule has 38 heavy (non-hydrogen) atoms. The normalized spacial score (nSPS) is 11.9. The summed E-state index contributed by atoms with van der Waals surface area (Å²) in [6.07, 6.45) is 0.565. The van der Waals surface area contributed by atoms with Crippen LogP contribution in [0.15, 0.2) is 77.6 Å². The summed E-state index contributed by atoms with van der Waals surface area (Å²) in [6, 6.07) is 21.6. The third kappa shape index (κ3) is 5.70. The highest BCUT2D eigenvalue weighted by Crippen LogP contribution is 2.28. The number of ether oxygens (including phenoxy) is 1. The van der Waals surface area contributed by atoms with Crippen molar-refractivity contribution in [3.05, 3.63) is 94.5 Å². The van der Waals surface area contributed by atoms with Gasteiger partial charge in [0.2, 0.25) is 0 Å². The van der Waals surface area contributed by atoms with Gasteiger partial charge in [-0.3, -0.25) is 9.36 Å². The van der Waals surface area contributed by atoms with Crippen molar-refractivity contribution in [2.45, 2.75) is 26.3 Å². The summed E-state index contributed by atoms with van der Waals surface area (Å²) >= 11 is 0. The van der Waals surface area contributed by atoms with Crippen LogP contribution in [-0.4, -0.2) is 59.7 Å². The first-order chi connectivity index (χ1) is 18.3. The van der Waals surface area contributed by atoms with E-state index in [-0.39, 0.29) is 11.6 Å². The van der Waals surface area contributed by atoms with Crippen molar-refractivity contribution in [2.24, 2.45) is 0 Å². The first-order valence-electron chi connectivity index (χ1n) is 12.8. The lowest BCUT2D eigenvalue weighted by Gasteiger charge is -2.33. The van der Waals surface area contributed by atoms with Gasteiger partial charge in [-0.15, -0.1) is 0 Å². The number of nitrogens with one attached hydrogen (secondary N) is 1. The number of nitrogens with zero attached hydrogens (tertiary/aromatic N) is 4. The van der Waals surface area contributed by atoms with E-state index in [0.717, 1.165) is 11.3 Å². The van der Waals surface area contributed by atoms with Crippen LogP contribution >= 0.6 is 0 Å². The maximum Gasteiger partial charge on any atom is 0.322 e. The minimum absolute atomic E-state index is 0.180. The van der Waals surface area contributed by atoms with Crippen molar-refractivity contribution in [2.75, 3.05) is 39.6 Å². The molecule has 1 atom stereocenters. The highest BCUT2D eigenvalue weighted by molar-refractivity contribution is 5.90. The molecule has 0 fully saturated rings. The van der Waals surface area contributed by atoms with Gasteiger partial charge in [-0.1, -0.05) is 37.3 Å². The zero-order valence-corrected chi connectivity index (χ0v) is 22.6. The maximum atomic E-state index is 13.9. The molecular formula is C30H35N5O3. The number of hydrogen-bond acceptors (Lipinski definition) is 5. The molecule has 0 aliphatic rings. The predicted molar refractivity (Wildman–Crippen MR) is 152 cm³/mol. The van der Waals surface area contributed by atoms with Crippen LogP contribution in [0.25, 0.3) is 16.6 Å². The summed E-state index contributed by atoms with van der Waals surface area (Å²) in [6.45, 7) is 5.07. The Balaban J connectivity index is 1.87. The molecule has 1 unspecified atom stereocenters. The number of methoxy groups -OCH3 is 1. The molecule has 0 radical (unpaired) electrons. The second-order valence-electron chi connectivity index (χ2n) is 9.49. The van der Waals surface area contributed by atoms with E-state index in [1.165, 1.54) is 0 Å². The lowest BCUT2D eigenvalue weighted by atomic mass is 10.1. The van der Waals surface area contributed by atoms with Crippen molar-refractivity contribution in [1.82, 2.24) is 19.4 Å². The van der Waals surface area contributed by atoms with Crippen LogP contribution in [0.1, 0.15) is 30.8 Å². The van der Waals surface area contributed by atoms with Crippen molar-refractivity contribution in [3.63, 3.8) is 0 Å². The molecule has 1 heterocycles. The number of aromatic nitrogens is 2. The minimum Gasteiger partial charge on any atom is -0.497 e. The van der Waals surface area contributed by atoms with E-state index < -0.39 is 6.04 Å². The van der Waals surface area contributed by atoms with Crippen molar-refractivity contribution < 1.29 is 9.53 Å². The van der Waals surface area contributed by atoms with Gasteiger partial charge >= 0.3 is 6.03 Å². The number of para-hydroxylation sites is 2. The van der Waals surface area contributed by atoms with Gasteiger partial charge < -0.3 is 19.9 Å². The molecule has 4 rings (SSSR count). The predicted octanol–water partition coefficient (Wildman–Crippen LogP) is 5.25. The van der Waals surface area contributed by atoms with Crippen LogP contribution in [-0.2, 0) is 0 Å². The van der Waals surface area contributed by atoms with Crippen LogP contribution in [0.2, 0.25) is 0 Å². The number of rotatable bonds is 9. The number of benzene rings is 3. The summed E-state index contributed by atoms with van der Waals surface area (Å²) in [5.74, 6) is 1.20. The largest absolute Gasteiger partial charge is 0.497 e. The Kier molecular flexibility index (Phi) is 8.43. The highest BCUT2D eigenvalue weighted by Gasteiger charge is 2.29. The quantitative estimate of drug-likeness (QED) is 0.331. The third-order valence-corrected chi connectivity index (χ3v) is 6.63. The number of carbonyl (C=O) groups is 1. The minimum atomic E-state index is -0.460. The van der Waals surface area contributed by atoms with Gasteiger partial charge in [0.1, 0.15) is 11.6 Å². The monoisotopic (exact) mass is 513 g/mol. The Hall–Kier alpha value is -4.17. The Morgan fingerprint density at radius 3 is 2.34 bits per heavy atom. The third-order valence-electron chi connectivity index (χ3n) is 6.63. The maximum absolute atomic E-state index is 13.9. The topological polar surface area (TPSA) is 79.7 Å². The van der Waals surface area contributed by atoms with Gasteiger partial charge in [0, 0.05) is 18.8 Å². The van der Waals surface area contributed by atoms with Gasteiger partial charge in [-0.2, -0.15) is 0 Å². The summed E-state index contributed by atoms with van der Waals surface area (Å²) in [5.41, 5.74) is 2.81. The van der Waals surface area contributed by atoms with Crippen LogP contribution in [0.5, 0.6) is 5.75 Å². The molecule has 4 aromatic rings. The molecule has 0 aliphatic heterocycles. The fourth-order valence-corrected chi connectivity index (χ4v) is 4.50. The van der Waals surface area contributed by atoms with E-state index in [0.29, 0.717) is 47.7 Å². The van der Waals surface area contributed by atoms with E-state index in [1.54, 1.807) is 22.6 Å². The number of hydrogen-bond donors (Lipinski definition) is 1. The molecule has 8 heteroatoms. The van der Waals surface area contributed by atoms with E-state index in [9.17, 15) is 9.59 Å². The molecule has 0 saturated carbocycles. The molecule has 198 valence electrons. The lowest BCUT2D eigenvalue weighted by Crippen LogP contribution is -2.43. The van der Waals surface area contributed by atoms with Gasteiger partial charge in [0.25, 0.3) is 5.56 Å². The second-order valence-corrected chi connectivity index (χ2v) is 9.49. The van der Waals surface area contributed by atoms with Crippen LogP contribution < -0.4 is 15.6 Å². The smallest absolute Gasteiger partial charge is 0.322 e. The molecule has 1 N–H and O–H groups in total. The van der Waals surface area contributed by atoms with Gasteiger partial charge in [-0.05, 0) is 75.5 Å². The van der Waals surface area contributed by atoms with Crippen molar-refractivity contribution in [1.29, 1.82) is 0 Å². The molecule has 3 aromatic carbocycles. The number of carbonyl (C=O) groups excluding carboxylic acids is 1. The van der Waals surface area contributed by atoms with E-state index in [2.05, 4.69) is 5.32 Å². The number of aryl methyl sites for hydroxylation is 1. The van der Waals surface area contributed by atoms with Crippen LogP contribution in [0.4, 0.5) is 10.5 Å². The summed E-state index contributed by atoms with van der Waals surface area (Å²) in [7, 11) is 5.55. The molecule has 2 amide bonds. The summed E-state index contributed by atoms with van der Waals surface area (Å²) in [4.78, 5) is 36.5. The van der Waals surface area contributed by atoms with E-state index in [1.807, 2.05) is 99.6 Å². The molecule has 1 aromatic heterocycles. The summed E-state index contributed by atoms with van der Waals surface area (Å²) in [5, 5.41) is 3.60. The van der Waals surface area contributed by atoms with Gasteiger partial charge in [0.05, 0.1) is 29.7 Å². The van der Waals surface area contributed by atoms with Crippen LogP contribution in [0.3, 0.4) is 0 Å². The first kappa shape index (κ1) is 26.9. The number of amides is 2. The Bertz CT molecular complexity index is 1460. The molecule has 8 nitrogen and oxygen atoms in total. The fraction of sp³-hybridized carbons (Fsp3) is 0.300. The fourth-order valence-electron chi connectivity index (χ4n) is 4.50. The number of likely N-dealkylation sites (N-methyl/N-ethyl adjacent to an activating group) is 1. The first-order valence-corrected chi connectivity index (χ1v) is 12.8. The zero-order chi connectivity index (χ0) is 27.2. The number of urea groups is 1. The Morgan fingerprint density at radius 2 is 1.68 bits per heavy atom. The lowest BCUT2D eigenvalue weighted by molar-refractivity contribution is 0.173. The Morgan fingerprint density at radius 1 is 1.00 bits per heavy atom. The standard InChI is InChI=1S/C30H35N5O3/c1-6-27(34(20-19-33(3)4)30(37)32-25-13-9-7-11-21(25)2)28-31-26-14-10-8-12-24(26)29(36)35(28)22-15-17-23(38-5)18-16-22/h7-18,27H,6,19-20H2,1-5H3,(H,32,37). The van der Waals surface area contributed by atoms with Gasteiger partial charge in [0.15, 0.2) is 0 Å². The SMILES string of the molecule is CCC(c1nc2ccccc2c(=O)n1-c1ccc(OC)cc1)N(CCN(C)C)C(=O)Nc1ccccc1C. The summed E-state index contributed by atoms with van der Waals surface area (Å²) < 4.78 is 6.95. The van der Waals surface area contributed by atoms with Crippen molar-refractivity contribution in [3.8, 4) is 11.4 Å². The number of fused-ring (bicyclic) bond motifs is 1. The number of anilines is 1. The average Bonchev–Trinajstić information content (AvgIpc) is 2.92. The molecule has 0 aliphatic carbocycles.